The zero-order valence-electron chi connectivity index (χ0n) is 12.8. The molecule has 0 amide bonds. The molecule has 0 radical (unpaired) electrons. The van der Waals surface area contributed by atoms with E-state index < -0.39 is 0 Å². The molecular weight excluding hydrogens is 246 g/mol. The van der Waals surface area contributed by atoms with Crippen LogP contribution in [-0.2, 0) is 5.54 Å². The molecule has 2 rings (SSSR count). The van der Waals surface area contributed by atoms with Crippen LogP contribution in [0, 0.1) is 6.92 Å². The Morgan fingerprint density at radius 1 is 1.40 bits per heavy atom. The Morgan fingerprint density at radius 3 is 2.65 bits per heavy atom. The molecule has 1 heterocycles. The Balaban J connectivity index is 2.38. The van der Waals surface area contributed by atoms with Crippen molar-refractivity contribution in [1.82, 2.24) is 10.2 Å². The normalized spacial score (nSPS) is 23.3. The van der Waals surface area contributed by atoms with Gasteiger partial charge in [0, 0.05) is 32.4 Å². The summed E-state index contributed by atoms with van der Waals surface area (Å²) >= 11 is 0. The van der Waals surface area contributed by atoms with E-state index in [-0.39, 0.29) is 5.54 Å². The van der Waals surface area contributed by atoms with Crippen molar-refractivity contribution in [2.45, 2.75) is 25.8 Å². The van der Waals surface area contributed by atoms with E-state index in [1.165, 1.54) is 11.1 Å². The minimum absolute atomic E-state index is 0.159. The molecule has 0 unspecified atom stereocenters. The topological polar surface area (TPSA) is 27.6 Å². The Labute approximate surface area is 121 Å². The lowest BCUT2D eigenvalue weighted by atomic mass is 9.84. The lowest BCUT2D eigenvalue weighted by Gasteiger charge is -2.43. The summed E-state index contributed by atoms with van der Waals surface area (Å²) in [6, 6.07) is 6.49. The van der Waals surface area contributed by atoms with Crippen molar-refractivity contribution >= 4 is 6.21 Å². The second-order valence-electron chi connectivity index (χ2n) is 5.66. The van der Waals surface area contributed by atoms with E-state index in [0.717, 1.165) is 23.5 Å². The smallest absolute Gasteiger partial charge is 0.0985 e. The van der Waals surface area contributed by atoms with Crippen LogP contribution in [0.5, 0.6) is 0 Å². The highest BCUT2D eigenvalue weighted by atomic mass is 15.3. The van der Waals surface area contributed by atoms with Gasteiger partial charge in [0.25, 0.3) is 0 Å². The summed E-state index contributed by atoms with van der Waals surface area (Å²) in [5, 5.41) is 3.50. The first-order valence-corrected chi connectivity index (χ1v) is 6.79. The minimum Gasteiger partial charge on any atom is -0.362 e. The second-order valence-corrected chi connectivity index (χ2v) is 5.66. The van der Waals surface area contributed by atoms with Gasteiger partial charge in [0.2, 0.25) is 0 Å². The second kappa shape index (κ2) is 5.16. The van der Waals surface area contributed by atoms with Crippen molar-refractivity contribution in [1.29, 1.82) is 0 Å². The van der Waals surface area contributed by atoms with Gasteiger partial charge in [0.1, 0.15) is 0 Å². The first-order chi connectivity index (χ1) is 9.37. The van der Waals surface area contributed by atoms with Crippen molar-refractivity contribution in [3.8, 4) is 0 Å². The summed E-state index contributed by atoms with van der Waals surface area (Å²) in [4.78, 5) is 6.09. The molecule has 0 aliphatic carbocycles. The van der Waals surface area contributed by atoms with Gasteiger partial charge in [-0.25, -0.2) is 0 Å². The molecule has 1 aliphatic heterocycles. The van der Waals surface area contributed by atoms with E-state index in [1.54, 1.807) is 7.05 Å². The molecule has 0 saturated carbocycles. The molecule has 0 aromatic heterocycles. The Bertz CT molecular complexity index is 566. The number of nitrogens with zero attached hydrogens (tertiary/aromatic N) is 2. The summed E-state index contributed by atoms with van der Waals surface area (Å²) in [6.07, 6.45) is 2.75. The fourth-order valence-electron chi connectivity index (χ4n) is 2.64. The van der Waals surface area contributed by atoms with Crippen molar-refractivity contribution in [3.05, 3.63) is 59.6 Å². The molecule has 0 spiro atoms. The lowest BCUT2D eigenvalue weighted by molar-refractivity contribution is 0.268. The fourth-order valence-corrected chi connectivity index (χ4v) is 2.64. The van der Waals surface area contributed by atoms with Crippen molar-refractivity contribution in [2.75, 3.05) is 14.1 Å². The van der Waals surface area contributed by atoms with Gasteiger partial charge in [0.15, 0.2) is 0 Å². The molecule has 0 bridgehead atoms. The third-order valence-electron chi connectivity index (χ3n) is 4.03. The molecule has 3 heteroatoms. The van der Waals surface area contributed by atoms with E-state index in [1.807, 2.05) is 18.2 Å². The van der Waals surface area contributed by atoms with Crippen LogP contribution in [0.25, 0.3) is 0 Å². The third kappa shape index (κ3) is 2.48. The summed E-state index contributed by atoms with van der Waals surface area (Å²) in [5.41, 5.74) is 4.55. The maximum atomic E-state index is 4.14. The molecule has 1 fully saturated rings. The summed E-state index contributed by atoms with van der Waals surface area (Å²) < 4.78 is 0. The summed E-state index contributed by atoms with van der Waals surface area (Å²) in [6.45, 7) is 12.5. The van der Waals surface area contributed by atoms with E-state index in [9.17, 15) is 0 Å². The van der Waals surface area contributed by atoms with Gasteiger partial charge in [-0.05, 0) is 30.5 Å². The first kappa shape index (κ1) is 14.4. The number of benzene rings is 1. The highest BCUT2D eigenvalue weighted by molar-refractivity contribution is 5.81. The van der Waals surface area contributed by atoms with Gasteiger partial charge in [-0.1, -0.05) is 31.4 Å². The zero-order chi connectivity index (χ0) is 14.9. The molecular formula is C17H23N3. The standard InChI is InChI=1S/C17H23N3/c1-12-9-16(8-7-15(12)11-18-5)17(4)10-13(2)20(6)14(3)19-17/h7-9,11,19H,2-3,10H2,1,4-6H3/t17-/m0/s1. The molecule has 1 aromatic rings. The fraction of sp³-hybridized carbons (Fsp3) is 0.353. The van der Waals surface area contributed by atoms with Crippen LogP contribution < -0.4 is 5.32 Å². The molecule has 1 atom stereocenters. The van der Waals surface area contributed by atoms with Crippen LogP contribution in [0.15, 0.2) is 47.9 Å². The average Bonchev–Trinajstić information content (AvgIpc) is 2.38. The van der Waals surface area contributed by atoms with Gasteiger partial charge >= 0.3 is 0 Å². The van der Waals surface area contributed by atoms with Crippen LogP contribution >= 0.6 is 0 Å². The molecule has 106 valence electrons. The number of aryl methyl sites for hydroxylation is 1. The first-order valence-electron chi connectivity index (χ1n) is 6.79. The van der Waals surface area contributed by atoms with E-state index in [2.05, 4.69) is 55.5 Å². The number of aliphatic imine (C=N–C) groups is 1. The molecule has 20 heavy (non-hydrogen) atoms. The van der Waals surface area contributed by atoms with E-state index in [0.29, 0.717) is 0 Å². The average molecular weight is 269 g/mol. The minimum atomic E-state index is -0.159. The van der Waals surface area contributed by atoms with Crippen molar-refractivity contribution in [3.63, 3.8) is 0 Å². The van der Waals surface area contributed by atoms with Crippen molar-refractivity contribution < 1.29 is 0 Å². The molecule has 1 aliphatic rings. The van der Waals surface area contributed by atoms with Gasteiger partial charge in [-0.2, -0.15) is 0 Å². The van der Waals surface area contributed by atoms with Crippen LogP contribution in [0.2, 0.25) is 0 Å². The van der Waals surface area contributed by atoms with Gasteiger partial charge < -0.3 is 10.2 Å². The third-order valence-corrected chi connectivity index (χ3v) is 4.03. The zero-order valence-corrected chi connectivity index (χ0v) is 12.8. The Morgan fingerprint density at radius 2 is 2.10 bits per heavy atom. The predicted molar refractivity (Wildman–Crippen MR) is 85.8 cm³/mol. The number of hydrogen-bond donors (Lipinski definition) is 1. The van der Waals surface area contributed by atoms with Crippen LogP contribution in [0.3, 0.4) is 0 Å². The monoisotopic (exact) mass is 269 g/mol. The van der Waals surface area contributed by atoms with E-state index in [4.69, 9.17) is 0 Å². The number of nitrogens with one attached hydrogen (secondary N) is 1. The molecule has 1 saturated heterocycles. The van der Waals surface area contributed by atoms with Gasteiger partial charge in [-0.15, -0.1) is 0 Å². The van der Waals surface area contributed by atoms with E-state index >= 15 is 0 Å². The lowest BCUT2D eigenvalue weighted by Crippen LogP contribution is -2.48. The maximum Gasteiger partial charge on any atom is 0.0985 e. The summed E-state index contributed by atoms with van der Waals surface area (Å²) in [5.74, 6) is 0.889. The quantitative estimate of drug-likeness (QED) is 0.835. The largest absolute Gasteiger partial charge is 0.362 e. The van der Waals surface area contributed by atoms with Crippen LogP contribution in [0.1, 0.15) is 30.0 Å². The Hall–Kier alpha value is -2.03. The van der Waals surface area contributed by atoms with Gasteiger partial charge in [-0.3, -0.25) is 4.99 Å². The Kier molecular flexibility index (Phi) is 3.71. The van der Waals surface area contributed by atoms with Gasteiger partial charge in [0.05, 0.1) is 11.4 Å². The number of hydrogen-bond acceptors (Lipinski definition) is 3. The number of rotatable bonds is 2. The summed E-state index contributed by atoms with van der Waals surface area (Å²) in [7, 11) is 3.78. The highest BCUT2D eigenvalue weighted by Gasteiger charge is 2.33. The molecule has 1 N–H and O–H groups in total. The van der Waals surface area contributed by atoms with Crippen molar-refractivity contribution in [2.24, 2.45) is 4.99 Å². The predicted octanol–water partition coefficient (Wildman–Crippen LogP) is 3.17. The van der Waals surface area contributed by atoms with Crippen LogP contribution in [-0.4, -0.2) is 25.2 Å². The maximum absolute atomic E-state index is 4.14. The highest BCUT2D eigenvalue weighted by Crippen LogP contribution is 2.35. The SMILES string of the molecule is C=C1C[C@@](C)(c2ccc(C=NC)c(C)c2)NC(=C)N1C. The van der Waals surface area contributed by atoms with Crippen LogP contribution in [0.4, 0.5) is 0 Å². The molecule has 1 aromatic carbocycles. The molecule has 3 nitrogen and oxygen atoms in total.